The molecule has 0 bridgehead atoms. The predicted octanol–water partition coefficient (Wildman–Crippen LogP) is 4.91. The molecule has 0 spiro atoms. The van der Waals surface area contributed by atoms with Crippen LogP contribution in [0.5, 0.6) is 0 Å². The van der Waals surface area contributed by atoms with E-state index in [0.29, 0.717) is 83.4 Å². The number of aliphatic hydroxyl groups excluding tert-OH is 1. The first-order chi connectivity index (χ1) is 29.9. The van der Waals surface area contributed by atoms with Crippen LogP contribution in [0.15, 0.2) is 100 Å². The summed E-state index contributed by atoms with van der Waals surface area (Å²) in [5, 5.41) is 17.8. The zero-order valence-electron chi connectivity index (χ0n) is 34.7. The Hall–Kier alpha value is -4.65. The Morgan fingerprint density at radius 1 is 0.952 bits per heavy atom. The van der Waals surface area contributed by atoms with Crippen LogP contribution in [-0.4, -0.2) is 91.4 Å². The lowest BCUT2D eigenvalue weighted by Gasteiger charge is -2.31. The quantitative estimate of drug-likeness (QED) is 0.0742. The number of rotatable bonds is 14. The van der Waals surface area contributed by atoms with E-state index in [2.05, 4.69) is 20.3 Å². The average Bonchev–Trinajstić information content (AvgIpc) is 3.69. The molecule has 1 aliphatic rings. The van der Waals surface area contributed by atoms with Crippen molar-refractivity contribution in [1.82, 2.24) is 30.2 Å². The number of amides is 2. The predicted molar refractivity (Wildman–Crippen MR) is 243 cm³/mol. The number of Topliss-reactive ketones (excluding diaryl/α,β-unsaturated/α-hetero) is 1. The number of carbonyl (C=O) groups is 3. The Bertz CT molecular complexity index is 2450. The Morgan fingerprint density at radius 3 is 2.48 bits per heavy atom. The van der Waals surface area contributed by atoms with Gasteiger partial charge in [0, 0.05) is 73.6 Å². The fourth-order valence-corrected chi connectivity index (χ4v) is 10.2. The summed E-state index contributed by atoms with van der Waals surface area (Å²) in [4.78, 5) is 53.9. The molecule has 9 N–H and O–H groups in total. The first-order valence-corrected chi connectivity index (χ1v) is 23.5. The van der Waals surface area contributed by atoms with Crippen LogP contribution in [0, 0.1) is 5.92 Å². The van der Waals surface area contributed by atoms with Crippen molar-refractivity contribution in [1.29, 1.82) is 0 Å². The molecule has 0 saturated carbocycles. The van der Waals surface area contributed by atoms with Gasteiger partial charge in [0.05, 0.1) is 22.6 Å². The van der Waals surface area contributed by atoms with Gasteiger partial charge in [-0.1, -0.05) is 72.2 Å². The van der Waals surface area contributed by atoms with Crippen LogP contribution < -0.4 is 26.8 Å². The van der Waals surface area contributed by atoms with Gasteiger partial charge < -0.3 is 37.1 Å². The molecule has 2 aromatic heterocycles. The van der Waals surface area contributed by atoms with Gasteiger partial charge in [-0.3, -0.25) is 14.4 Å². The van der Waals surface area contributed by atoms with Crippen molar-refractivity contribution in [3.05, 3.63) is 107 Å². The number of likely N-dealkylation sites (N-methyl/N-ethyl adjacent to an activating group) is 1. The average molecular weight is 904 g/mol. The third-order valence-corrected chi connectivity index (χ3v) is 14.3. The molecule has 14 nitrogen and oxygen atoms in total. The second kappa shape index (κ2) is 22.1. The molecular formula is C45H55ClN8O6S2. The SMILES string of the molecule is CN1C(=O)[C@H](CCCCN)CC(=O)[C@H](CCCN)NCc2cccnc2Sc2c(Cl)ccc(-c3ccc(S(=O)(=O)NCCO)cc3)c2CNC(=O)[C@@H]1Cc1c[nH]c2ccccc12. The number of sulfonamides is 1. The van der Waals surface area contributed by atoms with Gasteiger partial charge in [0.2, 0.25) is 21.8 Å². The number of para-hydroxylation sites is 1. The van der Waals surface area contributed by atoms with Crippen molar-refractivity contribution in [2.45, 2.75) is 84.9 Å². The highest BCUT2D eigenvalue weighted by Gasteiger charge is 2.35. The number of aromatic nitrogens is 2. The van der Waals surface area contributed by atoms with Crippen molar-refractivity contribution in [3.8, 4) is 11.1 Å². The summed E-state index contributed by atoms with van der Waals surface area (Å²) in [5.74, 6) is -1.53. The van der Waals surface area contributed by atoms with Crippen molar-refractivity contribution in [2.75, 3.05) is 33.3 Å². The fraction of sp³-hybridized carbons (Fsp3) is 0.378. The van der Waals surface area contributed by atoms with E-state index in [1.54, 1.807) is 31.4 Å². The number of aliphatic hydroxyl groups is 1. The molecule has 5 aromatic rings. The fourth-order valence-electron chi connectivity index (χ4n) is 7.79. The first-order valence-electron chi connectivity index (χ1n) is 20.8. The van der Waals surface area contributed by atoms with E-state index in [1.165, 1.54) is 28.8 Å². The number of hydrogen-bond donors (Lipinski definition) is 7. The molecule has 17 heteroatoms. The molecule has 62 heavy (non-hydrogen) atoms. The Labute approximate surface area is 372 Å². The van der Waals surface area contributed by atoms with Gasteiger partial charge in [0.15, 0.2) is 5.78 Å². The molecule has 3 atom stereocenters. The number of nitrogens with zero attached hydrogens (tertiary/aromatic N) is 2. The summed E-state index contributed by atoms with van der Waals surface area (Å²) in [6.07, 6.45) is 6.50. The molecule has 1 aliphatic heterocycles. The lowest BCUT2D eigenvalue weighted by molar-refractivity contribution is -0.143. The van der Waals surface area contributed by atoms with Gasteiger partial charge in [-0.15, -0.1) is 0 Å². The van der Waals surface area contributed by atoms with E-state index in [-0.39, 0.29) is 49.1 Å². The number of ketones is 1. The summed E-state index contributed by atoms with van der Waals surface area (Å²) < 4.78 is 28.1. The lowest BCUT2D eigenvalue weighted by atomic mass is 9.90. The van der Waals surface area contributed by atoms with Crippen molar-refractivity contribution in [3.63, 3.8) is 0 Å². The number of pyridine rings is 1. The van der Waals surface area contributed by atoms with Gasteiger partial charge in [0.1, 0.15) is 11.1 Å². The van der Waals surface area contributed by atoms with E-state index in [0.717, 1.165) is 22.0 Å². The topological polar surface area (TPSA) is 226 Å². The molecule has 3 heterocycles. The molecule has 3 aromatic carbocycles. The lowest BCUT2D eigenvalue weighted by Crippen LogP contribution is -2.51. The van der Waals surface area contributed by atoms with Crippen molar-refractivity contribution >= 4 is 61.9 Å². The Kier molecular flexibility index (Phi) is 16.7. The number of nitrogens with one attached hydrogen (secondary N) is 4. The number of aromatic amines is 1. The maximum absolute atomic E-state index is 14.8. The number of fused-ring (bicyclic) bond motifs is 3. The Balaban J connectivity index is 1.47. The molecule has 0 radical (unpaired) electrons. The van der Waals surface area contributed by atoms with Gasteiger partial charge in [-0.05, 0) is 96.9 Å². The minimum atomic E-state index is -3.88. The number of unbranched alkanes of at least 4 members (excludes halogenated alkanes) is 1. The molecule has 2 amide bonds. The van der Waals surface area contributed by atoms with Gasteiger partial charge in [-0.25, -0.2) is 18.1 Å². The van der Waals surface area contributed by atoms with Crippen LogP contribution in [0.2, 0.25) is 5.02 Å². The minimum Gasteiger partial charge on any atom is -0.395 e. The summed E-state index contributed by atoms with van der Waals surface area (Å²) in [6, 6.07) is 19.8. The zero-order valence-corrected chi connectivity index (χ0v) is 37.1. The summed E-state index contributed by atoms with van der Waals surface area (Å²) in [7, 11) is -2.25. The van der Waals surface area contributed by atoms with Gasteiger partial charge in [0.25, 0.3) is 0 Å². The zero-order chi connectivity index (χ0) is 44.2. The normalized spacial score (nSPS) is 18.3. The number of halogens is 1. The molecule has 0 aliphatic carbocycles. The van der Waals surface area contributed by atoms with Crippen molar-refractivity contribution in [2.24, 2.45) is 17.4 Å². The molecule has 6 rings (SSSR count). The van der Waals surface area contributed by atoms with Crippen LogP contribution in [0.25, 0.3) is 22.0 Å². The van der Waals surface area contributed by atoms with Crippen LogP contribution in [0.4, 0.5) is 0 Å². The number of nitrogens with two attached hydrogens (primary N) is 2. The third-order valence-electron chi connectivity index (χ3n) is 11.2. The number of carbonyl (C=O) groups excluding carboxylic acids is 3. The summed E-state index contributed by atoms with van der Waals surface area (Å²) >= 11 is 8.37. The maximum atomic E-state index is 14.8. The highest BCUT2D eigenvalue weighted by atomic mass is 35.5. The van der Waals surface area contributed by atoms with Crippen LogP contribution in [0.3, 0.4) is 0 Å². The number of hydrogen-bond acceptors (Lipinski definition) is 11. The summed E-state index contributed by atoms with van der Waals surface area (Å²) in [5.41, 5.74) is 16.3. The van der Waals surface area contributed by atoms with Crippen LogP contribution in [0.1, 0.15) is 55.2 Å². The smallest absolute Gasteiger partial charge is 0.243 e. The van der Waals surface area contributed by atoms with Gasteiger partial charge >= 0.3 is 0 Å². The van der Waals surface area contributed by atoms with E-state index in [4.69, 9.17) is 28.1 Å². The highest BCUT2D eigenvalue weighted by molar-refractivity contribution is 7.99. The molecular weight excluding hydrogens is 848 g/mol. The van der Waals surface area contributed by atoms with E-state index in [1.807, 2.05) is 48.7 Å². The third kappa shape index (κ3) is 11.5. The molecule has 0 saturated heterocycles. The van der Waals surface area contributed by atoms with E-state index >= 15 is 0 Å². The highest BCUT2D eigenvalue weighted by Crippen LogP contribution is 2.41. The minimum absolute atomic E-state index is 0.0123. The number of benzene rings is 3. The molecule has 330 valence electrons. The van der Waals surface area contributed by atoms with Crippen LogP contribution in [-0.2, 0) is 43.9 Å². The van der Waals surface area contributed by atoms with Crippen molar-refractivity contribution < 1.29 is 27.9 Å². The van der Waals surface area contributed by atoms with Crippen LogP contribution >= 0.6 is 23.4 Å². The second-order valence-electron chi connectivity index (χ2n) is 15.4. The maximum Gasteiger partial charge on any atom is 0.243 e. The molecule has 0 fully saturated rings. The summed E-state index contributed by atoms with van der Waals surface area (Å²) in [6.45, 7) is 0.642. The van der Waals surface area contributed by atoms with E-state index in [9.17, 15) is 27.9 Å². The van der Waals surface area contributed by atoms with Gasteiger partial charge in [-0.2, -0.15) is 0 Å². The Morgan fingerprint density at radius 2 is 1.73 bits per heavy atom. The second-order valence-corrected chi connectivity index (χ2v) is 18.6. The molecule has 0 unspecified atom stereocenters. The standard InChI is InChI=1S/C45H55ClN8O6S2/c1-54-40(24-32-27-50-38-11-3-2-10-35(32)38)43(57)52-28-36-34(29-13-15-33(16-14-29)62(59,60)53-22-23-55)17-18-37(46)42(36)61-44-31(9-7-21-49-44)26-51-39(12-6-20-48)41(56)25-30(45(54)58)8-4-5-19-47/h2-3,7,9-11,13-18,21,27,30,39-40,50-51,53,55H,4-6,8,12,19-20,22-26,28,47-48H2,1H3,(H,52,57)/t30-,39+,40+/m1/s1. The van der Waals surface area contributed by atoms with E-state index < -0.39 is 33.9 Å². The number of H-pyrrole nitrogens is 1. The first kappa shape index (κ1) is 46.8. The largest absolute Gasteiger partial charge is 0.395 e. The monoisotopic (exact) mass is 902 g/mol.